The van der Waals surface area contributed by atoms with Crippen LogP contribution in [0.3, 0.4) is 0 Å². The standard InChI is InChI=1S/C14H21ClN2O2S/c1-10-13(15)6-3-7-14(10)20(18,19)17-8-4-5-12(9-17)11(2)16/h3,6-7,11-12H,4-5,8-9,16H2,1-2H3. The van der Waals surface area contributed by atoms with Gasteiger partial charge in [0.2, 0.25) is 10.0 Å². The van der Waals surface area contributed by atoms with Gasteiger partial charge in [0.05, 0.1) is 4.90 Å². The van der Waals surface area contributed by atoms with Gasteiger partial charge in [0, 0.05) is 24.2 Å². The summed E-state index contributed by atoms with van der Waals surface area (Å²) in [6, 6.07) is 5.01. The molecule has 0 aliphatic carbocycles. The number of rotatable bonds is 3. The molecular weight excluding hydrogens is 296 g/mol. The predicted octanol–water partition coefficient (Wildman–Crippen LogP) is 2.40. The van der Waals surface area contributed by atoms with Gasteiger partial charge in [0.1, 0.15) is 0 Å². The molecule has 2 N–H and O–H groups in total. The Morgan fingerprint density at radius 1 is 1.45 bits per heavy atom. The second-order valence-corrected chi connectivity index (χ2v) is 7.80. The van der Waals surface area contributed by atoms with Crippen LogP contribution < -0.4 is 5.73 Å². The fraction of sp³-hybridized carbons (Fsp3) is 0.571. The van der Waals surface area contributed by atoms with Crippen LogP contribution in [0, 0.1) is 12.8 Å². The minimum Gasteiger partial charge on any atom is -0.328 e. The van der Waals surface area contributed by atoms with E-state index in [9.17, 15) is 8.42 Å². The Morgan fingerprint density at radius 2 is 2.15 bits per heavy atom. The Labute approximate surface area is 126 Å². The molecule has 1 aliphatic rings. The molecule has 1 saturated heterocycles. The van der Waals surface area contributed by atoms with Crippen molar-refractivity contribution in [3.05, 3.63) is 28.8 Å². The van der Waals surface area contributed by atoms with Crippen LogP contribution in [0.1, 0.15) is 25.3 Å². The summed E-state index contributed by atoms with van der Waals surface area (Å²) in [4.78, 5) is 0.301. The van der Waals surface area contributed by atoms with Gasteiger partial charge in [-0.15, -0.1) is 0 Å². The average molecular weight is 317 g/mol. The molecule has 0 spiro atoms. The van der Waals surface area contributed by atoms with Crippen LogP contribution in [-0.2, 0) is 10.0 Å². The van der Waals surface area contributed by atoms with Crippen molar-refractivity contribution in [1.29, 1.82) is 0 Å². The lowest BCUT2D eigenvalue weighted by atomic mass is 9.93. The van der Waals surface area contributed by atoms with Gasteiger partial charge in [-0.1, -0.05) is 17.7 Å². The van der Waals surface area contributed by atoms with Gasteiger partial charge in [0.25, 0.3) is 0 Å². The molecule has 1 aromatic rings. The smallest absolute Gasteiger partial charge is 0.243 e. The van der Waals surface area contributed by atoms with Gasteiger partial charge in [-0.3, -0.25) is 0 Å². The van der Waals surface area contributed by atoms with E-state index in [1.165, 1.54) is 0 Å². The first kappa shape index (κ1) is 15.8. The van der Waals surface area contributed by atoms with E-state index in [2.05, 4.69) is 0 Å². The van der Waals surface area contributed by atoms with Gasteiger partial charge in [0.15, 0.2) is 0 Å². The molecule has 1 heterocycles. The fourth-order valence-electron chi connectivity index (χ4n) is 2.63. The van der Waals surface area contributed by atoms with Crippen molar-refractivity contribution < 1.29 is 8.42 Å². The molecule has 2 unspecified atom stereocenters. The lowest BCUT2D eigenvalue weighted by Gasteiger charge is -2.34. The maximum absolute atomic E-state index is 12.8. The summed E-state index contributed by atoms with van der Waals surface area (Å²) in [6.45, 7) is 4.72. The van der Waals surface area contributed by atoms with Crippen molar-refractivity contribution >= 4 is 21.6 Å². The van der Waals surface area contributed by atoms with E-state index >= 15 is 0 Å². The van der Waals surface area contributed by atoms with E-state index in [-0.39, 0.29) is 12.0 Å². The lowest BCUT2D eigenvalue weighted by molar-refractivity contribution is 0.243. The van der Waals surface area contributed by atoms with Crippen molar-refractivity contribution in [2.24, 2.45) is 11.7 Å². The van der Waals surface area contributed by atoms with Crippen molar-refractivity contribution in [2.75, 3.05) is 13.1 Å². The Balaban J connectivity index is 2.33. The van der Waals surface area contributed by atoms with Gasteiger partial charge in [-0.25, -0.2) is 8.42 Å². The molecule has 0 saturated carbocycles. The zero-order chi connectivity index (χ0) is 14.9. The molecular formula is C14H21ClN2O2S. The lowest BCUT2D eigenvalue weighted by Crippen LogP contribution is -2.45. The van der Waals surface area contributed by atoms with Crippen molar-refractivity contribution in [2.45, 2.75) is 37.6 Å². The molecule has 20 heavy (non-hydrogen) atoms. The van der Waals surface area contributed by atoms with Crippen LogP contribution in [-0.4, -0.2) is 31.9 Å². The third-order valence-corrected chi connectivity index (χ3v) is 6.42. The van der Waals surface area contributed by atoms with E-state index in [4.69, 9.17) is 17.3 Å². The number of hydrogen-bond donors (Lipinski definition) is 1. The largest absolute Gasteiger partial charge is 0.328 e. The Kier molecular flexibility index (Phi) is 4.74. The first-order valence-corrected chi connectivity index (χ1v) is 8.66. The number of sulfonamides is 1. The van der Waals surface area contributed by atoms with Crippen molar-refractivity contribution in [3.8, 4) is 0 Å². The quantitative estimate of drug-likeness (QED) is 0.931. The summed E-state index contributed by atoms with van der Waals surface area (Å²) < 4.78 is 27.1. The molecule has 1 aromatic carbocycles. The number of benzene rings is 1. The van der Waals surface area contributed by atoms with Crippen LogP contribution in [0.2, 0.25) is 5.02 Å². The molecule has 4 nitrogen and oxygen atoms in total. The molecule has 0 amide bonds. The van der Waals surface area contributed by atoms with Gasteiger partial charge in [-0.2, -0.15) is 4.31 Å². The molecule has 1 fully saturated rings. The van der Waals surface area contributed by atoms with Crippen LogP contribution >= 0.6 is 11.6 Å². The maximum Gasteiger partial charge on any atom is 0.243 e. The summed E-state index contributed by atoms with van der Waals surface area (Å²) in [5, 5.41) is 0.479. The molecule has 2 atom stereocenters. The highest BCUT2D eigenvalue weighted by atomic mass is 35.5. The molecule has 112 valence electrons. The zero-order valence-corrected chi connectivity index (χ0v) is 13.4. The highest BCUT2D eigenvalue weighted by molar-refractivity contribution is 7.89. The average Bonchev–Trinajstić information content (AvgIpc) is 2.41. The van der Waals surface area contributed by atoms with Crippen LogP contribution in [0.5, 0.6) is 0 Å². The SMILES string of the molecule is Cc1c(Cl)cccc1S(=O)(=O)N1CCCC(C(C)N)C1. The van der Waals surface area contributed by atoms with Gasteiger partial charge >= 0.3 is 0 Å². The summed E-state index contributed by atoms with van der Waals surface area (Å²) in [7, 11) is -3.49. The van der Waals surface area contributed by atoms with E-state index in [1.807, 2.05) is 6.92 Å². The summed E-state index contributed by atoms with van der Waals surface area (Å²) >= 11 is 6.03. The fourth-order valence-corrected chi connectivity index (χ4v) is 4.64. The van der Waals surface area contributed by atoms with Crippen LogP contribution in [0.4, 0.5) is 0 Å². The Bertz CT molecular complexity index is 587. The minimum absolute atomic E-state index is 0.00783. The molecule has 0 radical (unpaired) electrons. The van der Waals surface area contributed by atoms with E-state index < -0.39 is 10.0 Å². The summed E-state index contributed by atoms with van der Waals surface area (Å²) in [5.41, 5.74) is 6.53. The van der Waals surface area contributed by atoms with Gasteiger partial charge < -0.3 is 5.73 Å². The molecule has 1 aliphatic heterocycles. The molecule has 0 bridgehead atoms. The van der Waals surface area contributed by atoms with Crippen molar-refractivity contribution in [1.82, 2.24) is 4.31 Å². The third-order valence-electron chi connectivity index (χ3n) is 4.00. The third kappa shape index (κ3) is 3.01. The number of halogens is 1. The van der Waals surface area contributed by atoms with Crippen LogP contribution in [0.15, 0.2) is 23.1 Å². The normalized spacial score (nSPS) is 22.7. The summed E-state index contributed by atoms with van der Waals surface area (Å²) in [6.07, 6.45) is 1.84. The zero-order valence-electron chi connectivity index (χ0n) is 11.8. The Morgan fingerprint density at radius 3 is 2.80 bits per heavy atom. The molecule has 2 rings (SSSR count). The van der Waals surface area contributed by atoms with Crippen molar-refractivity contribution in [3.63, 3.8) is 0 Å². The van der Waals surface area contributed by atoms with E-state index in [1.54, 1.807) is 29.4 Å². The molecule has 6 heteroatoms. The molecule has 0 aromatic heterocycles. The predicted molar refractivity (Wildman–Crippen MR) is 81.3 cm³/mol. The monoisotopic (exact) mass is 316 g/mol. The number of hydrogen-bond acceptors (Lipinski definition) is 3. The highest BCUT2D eigenvalue weighted by Gasteiger charge is 2.32. The topological polar surface area (TPSA) is 63.4 Å². The number of piperidine rings is 1. The number of nitrogens with zero attached hydrogens (tertiary/aromatic N) is 1. The first-order chi connectivity index (χ1) is 9.34. The summed E-state index contributed by atoms with van der Waals surface area (Å²) in [5.74, 6) is 0.220. The second kappa shape index (κ2) is 6.02. The van der Waals surface area contributed by atoms with E-state index in [0.29, 0.717) is 28.6 Å². The highest BCUT2D eigenvalue weighted by Crippen LogP contribution is 2.29. The minimum atomic E-state index is -3.49. The van der Waals surface area contributed by atoms with Gasteiger partial charge in [-0.05, 0) is 50.3 Å². The maximum atomic E-state index is 12.8. The van der Waals surface area contributed by atoms with Crippen LogP contribution in [0.25, 0.3) is 0 Å². The number of nitrogens with two attached hydrogens (primary N) is 1. The second-order valence-electron chi connectivity index (χ2n) is 5.49. The first-order valence-electron chi connectivity index (χ1n) is 6.85. The van der Waals surface area contributed by atoms with E-state index in [0.717, 1.165) is 12.8 Å². The Hall–Kier alpha value is -0.620.